The van der Waals surface area contributed by atoms with E-state index < -0.39 is 0 Å². The predicted molar refractivity (Wildman–Crippen MR) is 110 cm³/mol. The molecule has 1 aromatic heterocycles. The second-order valence-electron chi connectivity index (χ2n) is 7.11. The highest BCUT2D eigenvalue weighted by Gasteiger charge is 2.17. The maximum absolute atomic E-state index is 12.2. The molecule has 4 nitrogen and oxygen atoms in total. The van der Waals surface area contributed by atoms with E-state index in [4.69, 9.17) is 11.6 Å². The Hall–Kier alpha value is -2.46. The van der Waals surface area contributed by atoms with E-state index in [9.17, 15) is 4.79 Å². The van der Waals surface area contributed by atoms with Gasteiger partial charge in [0.25, 0.3) is 0 Å². The first-order valence-corrected chi connectivity index (χ1v) is 9.92. The van der Waals surface area contributed by atoms with Crippen LogP contribution in [0, 0.1) is 0 Å². The van der Waals surface area contributed by atoms with Gasteiger partial charge in [-0.3, -0.25) is 0 Å². The van der Waals surface area contributed by atoms with Crippen molar-refractivity contribution in [3.63, 3.8) is 0 Å². The molecule has 0 atom stereocenters. The minimum absolute atomic E-state index is 0.0542. The van der Waals surface area contributed by atoms with E-state index in [1.54, 1.807) is 0 Å². The van der Waals surface area contributed by atoms with E-state index >= 15 is 0 Å². The average molecular weight is 382 g/mol. The van der Waals surface area contributed by atoms with Crippen molar-refractivity contribution in [3.8, 4) is 0 Å². The number of rotatable bonds is 5. The fourth-order valence-electron chi connectivity index (χ4n) is 3.79. The molecule has 3 aromatic rings. The lowest BCUT2D eigenvalue weighted by Crippen LogP contribution is -2.38. The van der Waals surface area contributed by atoms with Gasteiger partial charge in [-0.05, 0) is 48.6 Å². The summed E-state index contributed by atoms with van der Waals surface area (Å²) >= 11 is 6.25. The number of halogens is 1. The molecule has 2 aromatic carbocycles. The molecule has 2 amide bonds. The number of fused-ring (bicyclic) bond motifs is 1. The molecule has 0 bridgehead atoms. The first-order valence-electron chi connectivity index (χ1n) is 9.55. The molecule has 1 N–H and O–H groups in total. The van der Waals surface area contributed by atoms with Crippen molar-refractivity contribution in [2.75, 3.05) is 19.6 Å². The van der Waals surface area contributed by atoms with Crippen LogP contribution in [0.3, 0.4) is 0 Å². The number of carbonyl (C=O) groups is 1. The fraction of sp³-hybridized carbons (Fsp3) is 0.318. The predicted octanol–water partition coefficient (Wildman–Crippen LogP) is 4.69. The molecule has 0 spiro atoms. The number of amides is 2. The molecular formula is C22H24ClN3O. The van der Waals surface area contributed by atoms with Crippen LogP contribution in [0.4, 0.5) is 4.79 Å². The molecular weight excluding hydrogens is 358 g/mol. The molecule has 0 saturated carbocycles. The van der Waals surface area contributed by atoms with Gasteiger partial charge in [0.15, 0.2) is 0 Å². The summed E-state index contributed by atoms with van der Waals surface area (Å²) in [5, 5.41) is 4.96. The van der Waals surface area contributed by atoms with Gasteiger partial charge in [-0.1, -0.05) is 41.9 Å². The summed E-state index contributed by atoms with van der Waals surface area (Å²) in [4.78, 5) is 14.1. The van der Waals surface area contributed by atoms with Crippen LogP contribution in [-0.4, -0.2) is 35.1 Å². The Balaban J connectivity index is 1.51. The first kappa shape index (κ1) is 17.9. The third kappa shape index (κ3) is 4.11. The number of aromatic nitrogens is 1. The lowest BCUT2D eigenvalue weighted by molar-refractivity contribution is 0.209. The van der Waals surface area contributed by atoms with Gasteiger partial charge in [0.05, 0.1) is 0 Å². The van der Waals surface area contributed by atoms with E-state index in [0.717, 1.165) is 49.3 Å². The Morgan fingerprint density at radius 2 is 1.85 bits per heavy atom. The van der Waals surface area contributed by atoms with Gasteiger partial charge in [0.1, 0.15) is 0 Å². The molecule has 140 valence electrons. The quantitative estimate of drug-likeness (QED) is 0.683. The van der Waals surface area contributed by atoms with Gasteiger partial charge in [-0.15, -0.1) is 0 Å². The molecule has 1 saturated heterocycles. The lowest BCUT2D eigenvalue weighted by atomic mass is 10.1. The normalized spacial score (nSPS) is 14.0. The van der Waals surface area contributed by atoms with E-state index in [1.807, 2.05) is 23.1 Å². The minimum atomic E-state index is 0.0542. The third-order valence-electron chi connectivity index (χ3n) is 5.19. The number of nitrogens with zero attached hydrogens (tertiary/aromatic N) is 2. The average Bonchev–Trinajstić information content (AvgIpc) is 3.32. The Morgan fingerprint density at radius 3 is 2.63 bits per heavy atom. The molecule has 1 aliphatic rings. The van der Waals surface area contributed by atoms with Crippen molar-refractivity contribution >= 4 is 28.5 Å². The van der Waals surface area contributed by atoms with Crippen LogP contribution in [0.15, 0.2) is 54.7 Å². The van der Waals surface area contributed by atoms with Crippen LogP contribution in [0.1, 0.15) is 24.0 Å². The van der Waals surface area contributed by atoms with Gasteiger partial charge in [-0.2, -0.15) is 0 Å². The molecule has 2 heterocycles. The Bertz CT molecular complexity index is 929. The highest BCUT2D eigenvalue weighted by Crippen LogP contribution is 2.26. The SMILES string of the molecule is O=C(NCCc1cn(Cc2ccccc2)c2ccc(Cl)cc12)N1CCCC1. The number of carbonyl (C=O) groups excluding carboxylic acids is 1. The van der Waals surface area contributed by atoms with Crippen molar-refractivity contribution in [2.24, 2.45) is 0 Å². The number of hydrogen-bond donors (Lipinski definition) is 1. The molecule has 4 rings (SSSR count). The fourth-order valence-corrected chi connectivity index (χ4v) is 3.96. The van der Waals surface area contributed by atoms with Crippen LogP contribution in [0.25, 0.3) is 10.9 Å². The van der Waals surface area contributed by atoms with E-state index in [1.165, 1.54) is 16.6 Å². The van der Waals surface area contributed by atoms with E-state index in [-0.39, 0.29) is 6.03 Å². The smallest absolute Gasteiger partial charge is 0.317 e. The molecule has 0 aliphatic carbocycles. The zero-order valence-corrected chi connectivity index (χ0v) is 16.1. The zero-order valence-electron chi connectivity index (χ0n) is 15.3. The molecule has 0 unspecified atom stereocenters. The van der Waals surface area contributed by atoms with Gasteiger partial charge < -0.3 is 14.8 Å². The molecule has 0 radical (unpaired) electrons. The Labute approximate surface area is 164 Å². The van der Waals surface area contributed by atoms with Gasteiger partial charge in [0.2, 0.25) is 0 Å². The summed E-state index contributed by atoms with van der Waals surface area (Å²) in [6.07, 6.45) is 5.20. The third-order valence-corrected chi connectivity index (χ3v) is 5.42. The lowest BCUT2D eigenvalue weighted by Gasteiger charge is -2.15. The van der Waals surface area contributed by atoms with Crippen molar-refractivity contribution < 1.29 is 4.79 Å². The summed E-state index contributed by atoms with van der Waals surface area (Å²) < 4.78 is 2.26. The van der Waals surface area contributed by atoms with Crippen LogP contribution < -0.4 is 5.32 Å². The van der Waals surface area contributed by atoms with Crippen LogP contribution >= 0.6 is 11.6 Å². The number of nitrogens with one attached hydrogen (secondary N) is 1. The van der Waals surface area contributed by atoms with Gasteiger partial charge in [0, 0.05) is 48.3 Å². The topological polar surface area (TPSA) is 37.3 Å². The monoisotopic (exact) mass is 381 g/mol. The summed E-state index contributed by atoms with van der Waals surface area (Å²) in [7, 11) is 0. The van der Waals surface area contributed by atoms with Crippen molar-refractivity contribution in [3.05, 3.63) is 70.9 Å². The summed E-state index contributed by atoms with van der Waals surface area (Å²) in [5.74, 6) is 0. The number of benzene rings is 2. The zero-order chi connectivity index (χ0) is 18.6. The summed E-state index contributed by atoms with van der Waals surface area (Å²) in [5.41, 5.74) is 3.65. The standard InChI is InChI=1S/C22H24ClN3O/c23-19-8-9-21-20(14-19)18(10-11-24-22(27)25-12-4-5-13-25)16-26(21)15-17-6-2-1-3-7-17/h1-3,6-9,14,16H,4-5,10-13,15H2,(H,24,27). The molecule has 1 aliphatic heterocycles. The van der Waals surface area contributed by atoms with Crippen molar-refractivity contribution in [1.82, 2.24) is 14.8 Å². The molecule has 5 heteroatoms. The van der Waals surface area contributed by atoms with Crippen LogP contribution in [-0.2, 0) is 13.0 Å². The van der Waals surface area contributed by atoms with Crippen LogP contribution in [0.2, 0.25) is 5.02 Å². The molecule has 27 heavy (non-hydrogen) atoms. The second kappa shape index (κ2) is 8.05. The first-order chi connectivity index (χ1) is 13.2. The summed E-state index contributed by atoms with van der Waals surface area (Å²) in [6.45, 7) is 3.20. The number of hydrogen-bond acceptors (Lipinski definition) is 1. The van der Waals surface area contributed by atoms with Gasteiger partial charge in [-0.25, -0.2) is 4.79 Å². The van der Waals surface area contributed by atoms with Crippen molar-refractivity contribution in [1.29, 1.82) is 0 Å². The highest BCUT2D eigenvalue weighted by atomic mass is 35.5. The minimum Gasteiger partial charge on any atom is -0.343 e. The Kier molecular flexibility index (Phi) is 5.35. The molecule has 1 fully saturated rings. The summed E-state index contributed by atoms with van der Waals surface area (Å²) in [6, 6.07) is 16.5. The largest absolute Gasteiger partial charge is 0.343 e. The van der Waals surface area contributed by atoms with Crippen molar-refractivity contribution in [2.45, 2.75) is 25.8 Å². The number of likely N-dealkylation sites (tertiary alicyclic amines) is 1. The number of urea groups is 1. The van der Waals surface area contributed by atoms with E-state index in [0.29, 0.717) is 6.54 Å². The van der Waals surface area contributed by atoms with Crippen LogP contribution in [0.5, 0.6) is 0 Å². The van der Waals surface area contributed by atoms with Gasteiger partial charge >= 0.3 is 6.03 Å². The Morgan fingerprint density at radius 1 is 1.07 bits per heavy atom. The second-order valence-corrected chi connectivity index (χ2v) is 7.54. The maximum atomic E-state index is 12.2. The van der Waals surface area contributed by atoms with E-state index in [2.05, 4.69) is 46.4 Å². The maximum Gasteiger partial charge on any atom is 0.317 e. The highest BCUT2D eigenvalue weighted by molar-refractivity contribution is 6.31.